The molecule has 0 aliphatic heterocycles. The number of anilines is 1. The van der Waals surface area contributed by atoms with Gasteiger partial charge in [0.15, 0.2) is 5.52 Å². The van der Waals surface area contributed by atoms with Crippen LogP contribution in [0.5, 0.6) is 0 Å². The lowest BCUT2D eigenvalue weighted by Crippen LogP contribution is -2.33. The van der Waals surface area contributed by atoms with Gasteiger partial charge in [0.1, 0.15) is 11.2 Å². The Labute approximate surface area is 126 Å². The average Bonchev–Trinajstić information content (AvgIpc) is 2.42. The van der Waals surface area contributed by atoms with Gasteiger partial charge >= 0.3 is 0 Å². The maximum atomic E-state index is 4.85. The minimum absolute atomic E-state index is 0.787. The van der Waals surface area contributed by atoms with Gasteiger partial charge in [0, 0.05) is 0 Å². The van der Waals surface area contributed by atoms with E-state index >= 15 is 0 Å². The maximum Gasteiger partial charge on any atom is 0.297 e. The third-order valence-corrected chi connectivity index (χ3v) is 3.49. The van der Waals surface area contributed by atoms with E-state index in [-0.39, 0.29) is 0 Å². The molecule has 2 rings (SSSR count). The van der Waals surface area contributed by atoms with Crippen LogP contribution in [-0.2, 0) is 6.42 Å². The fraction of sp³-hybridized carbons (Fsp3) is 0.438. The molecule has 0 bridgehead atoms. The summed E-state index contributed by atoms with van der Waals surface area (Å²) < 4.78 is 2.14. The molecule has 1 heterocycles. The number of hydrogen-bond donors (Lipinski definition) is 0. The molecule has 1 aromatic heterocycles. The van der Waals surface area contributed by atoms with Gasteiger partial charge in [0.25, 0.3) is 11.7 Å². The quantitative estimate of drug-likeness (QED) is 0.478. The lowest BCUT2D eigenvalue weighted by Gasteiger charge is -2.14. The number of fused-ring (bicyclic) bond motifs is 1. The average molecular weight is 287 g/mol. The van der Waals surface area contributed by atoms with Gasteiger partial charge < -0.3 is 0 Å². The van der Waals surface area contributed by atoms with Gasteiger partial charge in [-0.15, -0.1) is 0 Å². The summed E-state index contributed by atoms with van der Waals surface area (Å²) in [5.74, 6) is 2.27. The van der Waals surface area contributed by atoms with Gasteiger partial charge in [-0.05, 0) is 12.1 Å². The molecular weight excluding hydrogens is 262 g/mol. The molecule has 2 aromatic rings. The van der Waals surface area contributed by atoms with E-state index in [4.69, 9.17) is 4.98 Å². The first kappa shape index (κ1) is 15.2. The van der Waals surface area contributed by atoms with Gasteiger partial charge in [0.2, 0.25) is 0 Å². The second-order valence-electron chi connectivity index (χ2n) is 5.83. The van der Waals surface area contributed by atoms with Crippen molar-refractivity contribution in [3.8, 4) is 0 Å². The van der Waals surface area contributed by atoms with Crippen LogP contribution in [0.25, 0.3) is 11.0 Å². The fourth-order valence-corrected chi connectivity index (χ4v) is 2.43. The first-order chi connectivity index (χ1) is 9.90. The lowest BCUT2D eigenvalue weighted by atomic mass is 10.2. The maximum absolute atomic E-state index is 4.85. The van der Waals surface area contributed by atoms with Crippen molar-refractivity contribution in [3.63, 3.8) is 0 Å². The van der Waals surface area contributed by atoms with Crippen LogP contribution in [0.1, 0.15) is 5.69 Å². The minimum atomic E-state index is 0.787. The number of aromatic amines is 1. The standard InChI is InChI=1S/C16H24N5/c1-19(2)15(20(3)4)11-14-16(21(5)6)18-13-10-8-7-9-12(13)17-14/h7-10H,11H2,1-6H3/q+1/p+1. The van der Waals surface area contributed by atoms with Gasteiger partial charge in [-0.3, -0.25) is 14.4 Å². The van der Waals surface area contributed by atoms with Gasteiger partial charge in [0.05, 0.1) is 48.7 Å². The van der Waals surface area contributed by atoms with E-state index in [0.29, 0.717) is 0 Å². The fourth-order valence-electron chi connectivity index (χ4n) is 2.43. The zero-order valence-electron chi connectivity index (χ0n) is 13.8. The van der Waals surface area contributed by atoms with Crippen LogP contribution in [0.15, 0.2) is 24.3 Å². The van der Waals surface area contributed by atoms with Crippen LogP contribution in [0.4, 0.5) is 5.82 Å². The smallest absolute Gasteiger partial charge is 0.271 e. The van der Waals surface area contributed by atoms with E-state index in [9.17, 15) is 0 Å². The summed E-state index contributed by atoms with van der Waals surface area (Å²) >= 11 is 0. The highest BCUT2D eigenvalue weighted by atomic mass is 15.2. The Morgan fingerprint density at radius 3 is 2.38 bits per heavy atom. The van der Waals surface area contributed by atoms with E-state index in [1.807, 2.05) is 32.3 Å². The van der Waals surface area contributed by atoms with E-state index in [0.717, 1.165) is 29.0 Å². The molecule has 112 valence electrons. The number of amidine groups is 1. The predicted molar refractivity (Wildman–Crippen MR) is 87.1 cm³/mol. The number of nitrogens with zero attached hydrogens (tertiary/aromatic N) is 4. The van der Waals surface area contributed by atoms with E-state index in [2.05, 4.69) is 53.6 Å². The van der Waals surface area contributed by atoms with Crippen molar-refractivity contribution >= 4 is 22.7 Å². The normalized spacial score (nSPS) is 10.6. The molecule has 0 saturated carbocycles. The first-order valence-electron chi connectivity index (χ1n) is 7.09. The number of likely N-dealkylation sites (N-methyl/N-ethyl adjacent to an activating group) is 1. The van der Waals surface area contributed by atoms with Crippen LogP contribution < -0.4 is 9.88 Å². The number of rotatable bonds is 3. The number of H-pyrrole nitrogens is 1. The second kappa shape index (κ2) is 6.08. The van der Waals surface area contributed by atoms with Crippen LogP contribution in [-0.4, -0.2) is 62.6 Å². The SMILES string of the molecule is CN(C)C(Cc1nc2ccccc2[nH+]c1N(C)C)=[N+](C)C. The Bertz CT molecular complexity index is 669. The lowest BCUT2D eigenvalue weighted by molar-refractivity contribution is -0.470. The van der Waals surface area contributed by atoms with E-state index in [1.165, 1.54) is 5.84 Å². The highest BCUT2D eigenvalue weighted by molar-refractivity contribution is 5.81. The largest absolute Gasteiger partial charge is 0.297 e. The Morgan fingerprint density at radius 1 is 1.14 bits per heavy atom. The summed E-state index contributed by atoms with van der Waals surface area (Å²) in [6.07, 6.45) is 0.787. The second-order valence-corrected chi connectivity index (χ2v) is 5.83. The Morgan fingerprint density at radius 2 is 1.81 bits per heavy atom. The predicted octanol–water partition coefficient (Wildman–Crippen LogP) is 0.890. The van der Waals surface area contributed by atoms with Crippen molar-refractivity contribution in [2.24, 2.45) is 0 Å². The molecule has 0 aliphatic carbocycles. The summed E-state index contributed by atoms with van der Waals surface area (Å²) in [4.78, 5) is 12.6. The Balaban J connectivity index is 2.56. The minimum Gasteiger partial charge on any atom is -0.271 e. The number of aromatic nitrogens is 2. The third-order valence-electron chi connectivity index (χ3n) is 3.49. The van der Waals surface area contributed by atoms with Crippen LogP contribution in [0.2, 0.25) is 0 Å². The molecule has 0 saturated heterocycles. The van der Waals surface area contributed by atoms with Crippen LogP contribution in [0.3, 0.4) is 0 Å². The summed E-state index contributed by atoms with van der Waals surface area (Å²) in [6.45, 7) is 0. The monoisotopic (exact) mass is 287 g/mol. The molecule has 1 aromatic carbocycles. The molecule has 0 radical (unpaired) electrons. The number of nitrogens with one attached hydrogen (secondary N) is 1. The molecule has 21 heavy (non-hydrogen) atoms. The summed E-state index contributed by atoms with van der Waals surface area (Å²) in [6, 6.07) is 8.14. The van der Waals surface area contributed by atoms with Crippen molar-refractivity contribution in [3.05, 3.63) is 30.0 Å². The zero-order chi connectivity index (χ0) is 15.6. The molecule has 0 fully saturated rings. The Kier molecular flexibility index (Phi) is 4.40. The molecule has 0 aliphatic rings. The molecule has 0 atom stereocenters. The Hall–Kier alpha value is -2.17. The molecule has 0 unspecified atom stereocenters. The van der Waals surface area contributed by atoms with Crippen molar-refractivity contribution in [2.75, 3.05) is 47.2 Å². The third kappa shape index (κ3) is 3.29. The summed E-state index contributed by atoms with van der Waals surface area (Å²) in [5, 5.41) is 0. The van der Waals surface area contributed by atoms with Gasteiger partial charge in [-0.25, -0.2) is 9.97 Å². The molecule has 1 N–H and O–H groups in total. The van der Waals surface area contributed by atoms with Gasteiger partial charge in [-0.2, -0.15) is 0 Å². The van der Waals surface area contributed by atoms with Crippen molar-refractivity contribution < 1.29 is 9.56 Å². The van der Waals surface area contributed by atoms with Gasteiger partial charge in [-0.1, -0.05) is 12.1 Å². The number of benzene rings is 1. The van der Waals surface area contributed by atoms with Crippen LogP contribution in [0, 0.1) is 0 Å². The zero-order valence-corrected chi connectivity index (χ0v) is 13.8. The molecule has 5 nitrogen and oxygen atoms in total. The van der Waals surface area contributed by atoms with Crippen LogP contribution >= 0.6 is 0 Å². The highest BCUT2D eigenvalue weighted by Gasteiger charge is 2.22. The van der Waals surface area contributed by atoms with Crippen molar-refractivity contribution in [1.29, 1.82) is 0 Å². The molecule has 0 amide bonds. The molecule has 5 heteroatoms. The van der Waals surface area contributed by atoms with E-state index < -0.39 is 0 Å². The molecule has 0 spiro atoms. The van der Waals surface area contributed by atoms with Crippen molar-refractivity contribution in [2.45, 2.75) is 6.42 Å². The number of hydrogen-bond acceptors (Lipinski definition) is 2. The topological polar surface area (TPSA) is 36.5 Å². The summed E-state index contributed by atoms with van der Waals surface area (Å²) in [7, 11) is 12.3. The highest BCUT2D eigenvalue weighted by Crippen LogP contribution is 2.16. The molecular formula is C16H25N5+2. The number of para-hydroxylation sites is 2. The van der Waals surface area contributed by atoms with E-state index in [1.54, 1.807) is 0 Å². The summed E-state index contributed by atoms with van der Waals surface area (Å²) in [5.41, 5.74) is 3.10. The first-order valence-corrected chi connectivity index (χ1v) is 7.09. The van der Waals surface area contributed by atoms with Crippen molar-refractivity contribution in [1.82, 2.24) is 9.88 Å².